The number of benzene rings is 3. The lowest BCUT2D eigenvalue weighted by atomic mass is 9.94. The van der Waals surface area contributed by atoms with Crippen LogP contribution in [-0.2, 0) is 4.74 Å². The number of rotatable bonds is 9. The highest BCUT2D eigenvalue weighted by Crippen LogP contribution is 2.32. The minimum absolute atomic E-state index is 0.262. The Balaban J connectivity index is 1.66. The van der Waals surface area contributed by atoms with Crippen molar-refractivity contribution in [3.05, 3.63) is 84.4 Å². The van der Waals surface area contributed by atoms with Gasteiger partial charge >= 0.3 is 5.97 Å². The van der Waals surface area contributed by atoms with Gasteiger partial charge in [0.15, 0.2) is 0 Å². The summed E-state index contributed by atoms with van der Waals surface area (Å²) in [6.45, 7) is 1.18. The molecule has 144 valence electrons. The van der Waals surface area contributed by atoms with Crippen LogP contribution in [0.15, 0.2) is 78.9 Å². The van der Waals surface area contributed by atoms with Crippen LogP contribution in [0.1, 0.15) is 36.0 Å². The number of unbranched alkanes of at least 4 members (excludes halogenated alkanes) is 3. The van der Waals surface area contributed by atoms with E-state index in [2.05, 4.69) is 24.3 Å². The van der Waals surface area contributed by atoms with E-state index >= 15 is 0 Å². The van der Waals surface area contributed by atoms with Crippen LogP contribution in [0.2, 0.25) is 0 Å². The molecule has 0 aliphatic carbocycles. The van der Waals surface area contributed by atoms with Gasteiger partial charge in [0, 0.05) is 0 Å². The largest absolute Gasteiger partial charge is 0.462 e. The van der Waals surface area contributed by atoms with Crippen molar-refractivity contribution in [3.8, 4) is 22.3 Å². The third-order valence-corrected chi connectivity index (χ3v) is 4.78. The second-order valence-corrected chi connectivity index (χ2v) is 6.83. The fraction of sp³-hybridized carbons (Fsp3) is 0.240. The van der Waals surface area contributed by atoms with Crippen molar-refractivity contribution in [2.45, 2.75) is 25.7 Å². The lowest BCUT2D eigenvalue weighted by molar-refractivity contribution is 0.0498. The molecule has 0 atom stereocenters. The number of carbonyl (C=O) groups excluding carboxylic acids is 1. The van der Waals surface area contributed by atoms with Gasteiger partial charge in [-0.3, -0.25) is 0 Å². The van der Waals surface area contributed by atoms with E-state index in [4.69, 9.17) is 10.5 Å². The van der Waals surface area contributed by atoms with Crippen molar-refractivity contribution in [3.63, 3.8) is 0 Å². The van der Waals surface area contributed by atoms with E-state index in [1.165, 1.54) is 11.1 Å². The van der Waals surface area contributed by atoms with Crippen molar-refractivity contribution < 1.29 is 9.53 Å². The molecule has 3 rings (SSSR count). The SMILES string of the molecule is NCCCCCCOC(=O)c1ccc(-c2ccccc2-c2ccccc2)cc1. The van der Waals surface area contributed by atoms with Gasteiger partial charge in [-0.2, -0.15) is 0 Å². The number of hydrogen-bond acceptors (Lipinski definition) is 3. The second kappa shape index (κ2) is 10.4. The molecule has 0 saturated heterocycles. The highest BCUT2D eigenvalue weighted by Gasteiger charge is 2.10. The van der Waals surface area contributed by atoms with E-state index in [9.17, 15) is 4.79 Å². The summed E-state index contributed by atoms with van der Waals surface area (Å²) in [4.78, 5) is 12.2. The molecule has 3 heteroatoms. The first-order valence-corrected chi connectivity index (χ1v) is 9.91. The molecular formula is C25H27NO2. The van der Waals surface area contributed by atoms with Gasteiger partial charge in [0.1, 0.15) is 0 Å². The number of ether oxygens (including phenoxy) is 1. The van der Waals surface area contributed by atoms with E-state index in [1.807, 2.05) is 54.6 Å². The average molecular weight is 373 g/mol. The van der Waals surface area contributed by atoms with Crippen LogP contribution in [0, 0.1) is 0 Å². The third kappa shape index (κ3) is 5.30. The molecule has 0 radical (unpaired) electrons. The molecule has 0 heterocycles. The zero-order valence-electron chi connectivity index (χ0n) is 16.1. The predicted molar refractivity (Wildman–Crippen MR) is 115 cm³/mol. The van der Waals surface area contributed by atoms with Gasteiger partial charge in [0.25, 0.3) is 0 Å². The maximum atomic E-state index is 12.2. The molecular weight excluding hydrogens is 346 g/mol. The molecule has 0 aliphatic heterocycles. The van der Waals surface area contributed by atoms with Crippen molar-refractivity contribution in [1.82, 2.24) is 0 Å². The minimum Gasteiger partial charge on any atom is -0.462 e. The fourth-order valence-corrected chi connectivity index (χ4v) is 3.24. The first-order valence-electron chi connectivity index (χ1n) is 9.91. The molecule has 0 saturated carbocycles. The van der Waals surface area contributed by atoms with E-state index in [-0.39, 0.29) is 5.97 Å². The summed E-state index contributed by atoms with van der Waals surface area (Å²) in [7, 11) is 0. The molecule has 3 aromatic carbocycles. The molecule has 0 aromatic heterocycles. The summed E-state index contributed by atoms with van der Waals surface area (Å²) in [6.07, 6.45) is 4.04. The molecule has 2 N–H and O–H groups in total. The zero-order valence-corrected chi connectivity index (χ0v) is 16.1. The average Bonchev–Trinajstić information content (AvgIpc) is 2.77. The van der Waals surface area contributed by atoms with E-state index in [0.717, 1.165) is 43.4 Å². The lowest BCUT2D eigenvalue weighted by Crippen LogP contribution is -2.06. The number of esters is 1. The van der Waals surface area contributed by atoms with Crippen LogP contribution < -0.4 is 5.73 Å². The van der Waals surface area contributed by atoms with Crippen LogP contribution in [0.25, 0.3) is 22.3 Å². The normalized spacial score (nSPS) is 10.6. The van der Waals surface area contributed by atoms with Crippen LogP contribution in [-0.4, -0.2) is 19.1 Å². The minimum atomic E-state index is -0.262. The first-order chi connectivity index (χ1) is 13.8. The molecule has 3 aromatic rings. The highest BCUT2D eigenvalue weighted by molar-refractivity contribution is 5.91. The van der Waals surface area contributed by atoms with Crippen molar-refractivity contribution in [2.75, 3.05) is 13.2 Å². The van der Waals surface area contributed by atoms with Crippen LogP contribution >= 0.6 is 0 Å². The maximum absolute atomic E-state index is 12.2. The number of hydrogen-bond donors (Lipinski definition) is 1. The number of nitrogens with two attached hydrogens (primary N) is 1. The Hall–Kier alpha value is -2.91. The zero-order chi connectivity index (χ0) is 19.6. The topological polar surface area (TPSA) is 52.3 Å². The van der Waals surface area contributed by atoms with Gasteiger partial charge < -0.3 is 10.5 Å². The van der Waals surface area contributed by atoms with Crippen molar-refractivity contribution >= 4 is 5.97 Å². The fourth-order valence-electron chi connectivity index (χ4n) is 3.24. The Labute approximate surface area is 167 Å². The standard InChI is InChI=1S/C25H27NO2/c26-18-8-1-2-9-19-28-25(27)22-16-14-21(15-17-22)24-13-7-6-12-23(24)20-10-4-3-5-11-20/h3-7,10-17H,1-2,8-9,18-19,26H2. The Morgan fingerprint density at radius 1 is 0.679 bits per heavy atom. The van der Waals surface area contributed by atoms with Crippen LogP contribution in [0.4, 0.5) is 0 Å². The van der Waals surface area contributed by atoms with E-state index < -0.39 is 0 Å². The molecule has 0 aliphatic rings. The lowest BCUT2D eigenvalue weighted by Gasteiger charge is -2.11. The second-order valence-electron chi connectivity index (χ2n) is 6.83. The summed E-state index contributed by atoms with van der Waals surface area (Å²) in [6, 6.07) is 26.3. The van der Waals surface area contributed by atoms with Gasteiger partial charge in [-0.25, -0.2) is 4.79 Å². The molecule has 0 fully saturated rings. The van der Waals surface area contributed by atoms with Crippen molar-refractivity contribution in [2.24, 2.45) is 5.73 Å². The molecule has 0 bridgehead atoms. The monoisotopic (exact) mass is 373 g/mol. The third-order valence-electron chi connectivity index (χ3n) is 4.78. The van der Waals surface area contributed by atoms with Crippen LogP contribution in [0.3, 0.4) is 0 Å². The van der Waals surface area contributed by atoms with Gasteiger partial charge in [-0.1, -0.05) is 79.6 Å². The highest BCUT2D eigenvalue weighted by atomic mass is 16.5. The maximum Gasteiger partial charge on any atom is 0.338 e. The Morgan fingerprint density at radius 3 is 1.89 bits per heavy atom. The van der Waals surface area contributed by atoms with Gasteiger partial charge in [0.05, 0.1) is 12.2 Å². The molecule has 0 unspecified atom stereocenters. The molecule has 0 amide bonds. The van der Waals surface area contributed by atoms with E-state index in [1.54, 1.807) is 0 Å². The van der Waals surface area contributed by atoms with Gasteiger partial charge in [0.2, 0.25) is 0 Å². The quantitative estimate of drug-likeness (QED) is 0.387. The summed E-state index contributed by atoms with van der Waals surface area (Å²) < 4.78 is 5.38. The Kier molecular flexibility index (Phi) is 7.39. The summed E-state index contributed by atoms with van der Waals surface area (Å²) in [5.74, 6) is -0.262. The smallest absolute Gasteiger partial charge is 0.338 e. The summed E-state index contributed by atoms with van der Waals surface area (Å²) >= 11 is 0. The molecule has 0 spiro atoms. The summed E-state index contributed by atoms with van der Waals surface area (Å²) in [5.41, 5.74) is 10.6. The summed E-state index contributed by atoms with van der Waals surface area (Å²) in [5, 5.41) is 0. The van der Waals surface area contributed by atoms with Gasteiger partial charge in [-0.15, -0.1) is 0 Å². The van der Waals surface area contributed by atoms with Gasteiger partial charge in [-0.05, 0) is 53.8 Å². The number of carbonyl (C=O) groups is 1. The molecule has 28 heavy (non-hydrogen) atoms. The Bertz CT molecular complexity index is 873. The Morgan fingerprint density at radius 2 is 1.25 bits per heavy atom. The first kappa shape index (κ1) is 19.8. The molecule has 3 nitrogen and oxygen atoms in total. The van der Waals surface area contributed by atoms with E-state index in [0.29, 0.717) is 12.2 Å². The van der Waals surface area contributed by atoms with Crippen LogP contribution in [0.5, 0.6) is 0 Å². The van der Waals surface area contributed by atoms with Crippen molar-refractivity contribution in [1.29, 1.82) is 0 Å². The predicted octanol–water partition coefficient (Wildman–Crippen LogP) is 5.70.